The molecule has 0 radical (unpaired) electrons. The van der Waals surface area contributed by atoms with Crippen LogP contribution in [0.25, 0.3) is 0 Å². The molecule has 19 heavy (non-hydrogen) atoms. The molecule has 6 nitrogen and oxygen atoms in total. The van der Waals surface area contributed by atoms with Crippen LogP contribution in [0.2, 0.25) is 0 Å². The van der Waals surface area contributed by atoms with Crippen LogP contribution in [-0.2, 0) is 4.79 Å². The van der Waals surface area contributed by atoms with Crippen molar-refractivity contribution in [2.24, 2.45) is 0 Å². The van der Waals surface area contributed by atoms with Crippen molar-refractivity contribution in [3.8, 4) is 0 Å². The van der Waals surface area contributed by atoms with Gasteiger partial charge in [0.1, 0.15) is 6.04 Å². The van der Waals surface area contributed by atoms with Crippen LogP contribution in [0.15, 0.2) is 18.2 Å². The first-order valence-corrected chi connectivity index (χ1v) is 5.92. The van der Waals surface area contributed by atoms with Gasteiger partial charge in [0.2, 0.25) is 0 Å². The number of carboxylic acids is 1. The topological polar surface area (TPSA) is 98.7 Å². The lowest BCUT2D eigenvalue weighted by Crippen LogP contribution is -2.43. The third-order valence-corrected chi connectivity index (χ3v) is 2.65. The summed E-state index contributed by atoms with van der Waals surface area (Å²) in [5.74, 6) is -1.18. The second kappa shape index (κ2) is 6.75. The lowest BCUT2D eigenvalue weighted by atomic mass is 10.1. The van der Waals surface area contributed by atoms with Gasteiger partial charge in [-0.25, -0.2) is 9.59 Å². The summed E-state index contributed by atoms with van der Waals surface area (Å²) in [6.07, 6.45) is -0.0321. The number of aryl methyl sites for hydroxylation is 2. The summed E-state index contributed by atoms with van der Waals surface area (Å²) >= 11 is 0. The van der Waals surface area contributed by atoms with Crippen molar-refractivity contribution in [3.05, 3.63) is 29.3 Å². The third kappa shape index (κ3) is 4.59. The molecule has 1 rings (SSSR count). The second-order valence-corrected chi connectivity index (χ2v) is 4.32. The number of hydrogen-bond acceptors (Lipinski definition) is 3. The average molecular weight is 266 g/mol. The maximum Gasteiger partial charge on any atom is 0.326 e. The Labute approximate surface area is 111 Å². The third-order valence-electron chi connectivity index (χ3n) is 2.65. The molecule has 4 N–H and O–H groups in total. The average Bonchev–Trinajstić information content (AvgIpc) is 2.32. The van der Waals surface area contributed by atoms with Crippen LogP contribution >= 0.6 is 0 Å². The summed E-state index contributed by atoms with van der Waals surface area (Å²) in [4.78, 5) is 22.5. The van der Waals surface area contributed by atoms with E-state index in [1.807, 2.05) is 26.0 Å². The first-order valence-electron chi connectivity index (χ1n) is 5.92. The first kappa shape index (κ1) is 15.0. The summed E-state index contributed by atoms with van der Waals surface area (Å²) in [7, 11) is 0. The molecule has 0 aromatic heterocycles. The highest BCUT2D eigenvalue weighted by atomic mass is 16.4. The molecule has 0 unspecified atom stereocenters. The zero-order chi connectivity index (χ0) is 14.4. The van der Waals surface area contributed by atoms with E-state index in [0.717, 1.165) is 11.1 Å². The molecule has 0 aliphatic carbocycles. The van der Waals surface area contributed by atoms with Crippen LogP contribution in [0, 0.1) is 13.8 Å². The fourth-order valence-electron chi connectivity index (χ4n) is 1.66. The van der Waals surface area contributed by atoms with Crippen LogP contribution < -0.4 is 10.6 Å². The molecule has 0 aliphatic rings. The minimum Gasteiger partial charge on any atom is -0.480 e. The Morgan fingerprint density at radius 2 is 2.00 bits per heavy atom. The Bertz CT molecular complexity index is 474. The van der Waals surface area contributed by atoms with E-state index in [9.17, 15) is 9.59 Å². The SMILES string of the molecule is Cc1ccc(NC(=O)N[C@H](CCO)C(=O)O)c(C)c1. The molecule has 0 bridgehead atoms. The number of carbonyl (C=O) groups is 2. The minimum absolute atomic E-state index is 0.0321. The largest absolute Gasteiger partial charge is 0.480 e. The predicted octanol–water partition coefficient (Wildman–Crippen LogP) is 1.26. The van der Waals surface area contributed by atoms with Crippen LogP contribution in [0.1, 0.15) is 17.5 Å². The normalized spacial score (nSPS) is 11.7. The van der Waals surface area contributed by atoms with Crippen LogP contribution in [0.4, 0.5) is 10.5 Å². The molecule has 0 saturated carbocycles. The Kier molecular flexibility index (Phi) is 5.32. The monoisotopic (exact) mass is 266 g/mol. The van der Waals surface area contributed by atoms with Gasteiger partial charge in [0, 0.05) is 18.7 Å². The highest BCUT2D eigenvalue weighted by molar-refractivity contribution is 5.92. The number of aliphatic carboxylic acids is 1. The molecule has 0 heterocycles. The molecule has 1 aromatic carbocycles. The second-order valence-electron chi connectivity index (χ2n) is 4.32. The fourth-order valence-corrected chi connectivity index (χ4v) is 1.66. The standard InChI is InChI=1S/C13H18N2O4/c1-8-3-4-10(9(2)7-8)14-13(19)15-11(5-6-16)12(17)18/h3-4,7,11,16H,5-6H2,1-2H3,(H,17,18)(H2,14,15,19)/t11-/m1/s1. The van der Waals surface area contributed by atoms with E-state index < -0.39 is 18.0 Å². The van der Waals surface area contributed by atoms with Gasteiger partial charge in [-0.1, -0.05) is 17.7 Å². The van der Waals surface area contributed by atoms with Crippen molar-refractivity contribution in [2.75, 3.05) is 11.9 Å². The van der Waals surface area contributed by atoms with Crippen LogP contribution in [-0.4, -0.2) is 34.9 Å². The lowest BCUT2D eigenvalue weighted by molar-refractivity contribution is -0.139. The van der Waals surface area contributed by atoms with Crippen molar-refractivity contribution < 1.29 is 19.8 Å². The highest BCUT2D eigenvalue weighted by Crippen LogP contribution is 2.15. The number of carbonyl (C=O) groups excluding carboxylic acids is 1. The highest BCUT2D eigenvalue weighted by Gasteiger charge is 2.19. The van der Waals surface area contributed by atoms with Crippen LogP contribution in [0.3, 0.4) is 0 Å². The molecule has 2 amide bonds. The van der Waals surface area contributed by atoms with E-state index in [0.29, 0.717) is 5.69 Å². The van der Waals surface area contributed by atoms with Gasteiger partial charge in [-0.05, 0) is 25.5 Å². The van der Waals surface area contributed by atoms with Gasteiger partial charge < -0.3 is 20.8 Å². The van der Waals surface area contributed by atoms with Gasteiger partial charge in [-0.15, -0.1) is 0 Å². The maximum atomic E-state index is 11.7. The maximum absolute atomic E-state index is 11.7. The molecule has 0 saturated heterocycles. The number of nitrogens with one attached hydrogen (secondary N) is 2. The molecule has 0 aliphatic heterocycles. The Hall–Kier alpha value is -2.08. The number of carboxylic acid groups (broad SMARTS) is 1. The minimum atomic E-state index is -1.18. The molecule has 0 fully saturated rings. The van der Waals surface area contributed by atoms with E-state index in [4.69, 9.17) is 10.2 Å². The molecule has 0 spiro atoms. The van der Waals surface area contributed by atoms with Crippen molar-refractivity contribution >= 4 is 17.7 Å². The Balaban J connectivity index is 2.66. The van der Waals surface area contributed by atoms with Crippen LogP contribution in [0.5, 0.6) is 0 Å². The predicted molar refractivity (Wildman–Crippen MR) is 71.2 cm³/mol. The Morgan fingerprint density at radius 1 is 1.32 bits per heavy atom. The lowest BCUT2D eigenvalue weighted by Gasteiger charge is -2.15. The number of anilines is 1. The van der Waals surface area contributed by atoms with Crippen molar-refractivity contribution in [3.63, 3.8) is 0 Å². The molecule has 1 atom stereocenters. The Morgan fingerprint density at radius 3 is 2.53 bits per heavy atom. The molecule has 1 aromatic rings. The number of aliphatic hydroxyl groups is 1. The zero-order valence-corrected chi connectivity index (χ0v) is 10.9. The number of urea groups is 1. The molecule has 104 valence electrons. The van der Waals surface area contributed by atoms with Crippen molar-refractivity contribution in [2.45, 2.75) is 26.3 Å². The molecular weight excluding hydrogens is 248 g/mol. The number of aliphatic hydroxyl groups excluding tert-OH is 1. The number of hydrogen-bond donors (Lipinski definition) is 4. The smallest absolute Gasteiger partial charge is 0.326 e. The van der Waals surface area contributed by atoms with E-state index in [1.54, 1.807) is 6.07 Å². The number of rotatable bonds is 5. The summed E-state index contributed by atoms with van der Waals surface area (Å²) in [6.45, 7) is 3.49. The summed E-state index contributed by atoms with van der Waals surface area (Å²) < 4.78 is 0. The van der Waals surface area contributed by atoms with Gasteiger partial charge in [0.05, 0.1) is 0 Å². The summed E-state index contributed by atoms with van der Waals surface area (Å²) in [5.41, 5.74) is 2.59. The fraction of sp³-hybridized carbons (Fsp3) is 0.385. The van der Waals surface area contributed by atoms with Gasteiger partial charge in [-0.3, -0.25) is 0 Å². The number of amides is 2. The van der Waals surface area contributed by atoms with E-state index in [-0.39, 0.29) is 13.0 Å². The zero-order valence-electron chi connectivity index (χ0n) is 10.9. The molecule has 6 heteroatoms. The van der Waals surface area contributed by atoms with E-state index in [2.05, 4.69) is 10.6 Å². The van der Waals surface area contributed by atoms with E-state index >= 15 is 0 Å². The van der Waals surface area contributed by atoms with Gasteiger partial charge in [0.15, 0.2) is 0 Å². The van der Waals surface area contributed by atoms with Crippen molar-refractivity contribution in [1.82, 2.24) is 5.32 Å². The first-order chi connectivity index (χ1) is 8.93. The van der Waals surface area contributed by atoms with Crippen molar-refractivity contribution in [1.29, 1.82) is 0 Å². The van der Waals surface area contributed by atoms with Gasteiger partial charge in [0.25, 0.3) is 0 Å². The summed E-state index contributed by atoms with van der Waals surface area (Å²) in [5, 5.41) is 22.5. The van der Waals surface area contributed by atoms with Gasteiger partial charge in [-0.2, -0.15) is 0 Å². The number of benzene rings is 1. The summed E-state index contributed by atoms with van der Waals surface area (Å²) in [6, 6.07) is 3.82. The van der Waals surface area contributed by atoms with Gasteiger partial charge >= 0.3 is 12.0 Å². The molecular formula is C13H18N2O4. The van der Waals surface area contributed by atoms with E-state index in [1.165, 1.54) is 0 Å². The quantitative estimate of drug-likeness (QED) is 0.644.